The van der Waals surface area contributed by atoms with Gasteiger partial charge in [0.05, 0.1) is 6.10 Å². The molecule has 150 valence electrons. The quantitative estimate of drug-likeness (QED) is 0.587. The van der Waals surface area contributed by atoms with Crippen LogP contribution in [0.3, 0.4) is 0 Å². The second-order valence-corrected chi connectivity index (χ2v) is 8.90. The predicted octanol–water partition coefficient (Wildman–Crippen LogP) is 4.57. The zero-order chi connectivity index (χ0) is 20.1. The van der Waals surface area contributed by atoms with Crippen molar-refractivity contribution in [1.29, 1.82) is 5.41 Å². The number of hydrogen-bond acceptors (Lipinski definition) is 3. The van der Waals surface area contributed by atoms with Gasteiger partial charge in [0.15, 0.2) is 0 Å². The maximum absolute atomic E-state index is 13.3. The van der Waals surface area contributed by atoms with Gasteiger partial charge < -0.3 is 9.84 Å². The molecule has 0 aromatic heterocycles. The van der Waals surface area contributed by atoms with Crippen LogP contribution in [0, 0.1) is 35.0 Å². The summed E-state index contributed by atoms with van der Waals surface area (Å²) in [5.41, 5.74) is 1.72. The van der Waals surface area contributed by atoms with Crippen molar-refractivity contribution in [2.45, 2.75) is 63.4 Å². The number of terminal acetylenes is 1. The van der Waals surface area contributed by atoms with E-state index in [4.69, 9.17) is 16.6 Å². The van der Waals surface area contributed by atoms with Crippen LogP contribution >= 0.6 is 0 Å². The Balaban J connectivity index is 1.49. The van der Waals surface area contributed by atoms with Gasteiger partial charge in [-0.3, -0.25) is 5.41 Å². The number of aryl methyl sites for hydroxylation is 1. The number of benzene rings is 1. The van der Waals surface area contributed by atoms with Gasteiger partial charge in [-0.05, 0) is 90.9 Å². The highest BCUT2D eigenvalue weighted by Gasteiger charge is 2.54. The summed E-state index contributed by atoms with van der Waals surface area (Å²) in [6.45, 7) is 1.75. The fourth-order valence-electron chi connectivity index (χ4n) is 5.95. The number of hydrogen-bond donors (Lipinski definition) is 2. The molecule has 2 fully saturated rings. The molecule has 28 heavy (non-hydrogen) atoms. The highest BCUT2D eigenvalue weighted by atomic mass is 19.3. The van der Waals surface area contributed by atoms with Crippen LogP contribution in [0.2, 0.25) is 0 Å². The minimum atomic E-state index is -3.57. The standard InChI is InChI=1S/C23H27F2NO2/c1-3-23(24,25)20(26)13-28-15-5-7-16-14(12-15)4-6-18-17(16)10-11-22(2)19(18)8-9-21(22)27/h1,5,7,12,17-19,21,26-27H,4,6,8-11,13H2,2H3/t17-,18-,19+,21+,22+/m1/s1. The number of ether oxygens (including phenoxy) is 1. The Morgan fingerprint density at radius 1 is 1.36 bits per heavy atom. The summed E-state index contributed by atoms with van der Waals surface area (Å²) < 4.78 is 32.1. The molecule has 3 aliphatic carbocycles. The summed E-state index contributed by atoms with van der Waals surface area (Å²) in [5, 5.41) is 17.9. The normalized spacial score (nSPS) is 34.0. The van der Waals surface area contributed by atoms with E-state index in [0.717, 1.165) is 38.5 Å². The van der Waals surface area contributed by atoms with Crippen LogP contribution < -0.4 is 4.74 Å². The minimum Gasteiger partial charge on any atom is -0.487 e. The molecule has 0 aliphatic heterocycles. The van der Waals surface area contributed by atoms with E-state index < -0.39 is 18.2 Å². The summed E-state index contributed by atoms with van der Waals surface area (Å²) in [6, 6.07) is 5.82. The van der Waals surface area contributed by atoms with E-state index in [9.17, 15) is 13.9 Å². The highest BCUT2D eigenvalue weighted by molar-refractivity contribution is 5.92. The zero-order valence-corrected chi connectivity index (χ0v) is 16.2. The summed E-state index contributed by atoms with van der Waals surface area (Å²) in [5.74, 6) is -0.0399. The third-order valence-corrected chi connectivity index (χ3v) is 7.59. The van der Waals surface area contributed by atoms with Gasteiger partial charge >= 0.3 is 5.92 Å². The van der Waals surface area contributed by atoms with E-state index in [1.165, 1.54) is 17.0 Å². The van der Waals surface area contributed by atoms with Crippen molar-refractivity contribution < 1.29 is 18.6 Å². The van der Waals surface area contributed by atoms with Crippen LogP contribution in [0.1, 0.15) is 56.1 Å². The molecular weight excluding hydrogens is 360 g/mol. The molecule has 2 N–H and O–H groups in total. The molecule has 0 heterocycles. The number of fused-ring (bicyclic) bond motifs is 5. The molecule has 0 amide bonds. The van der Waals surface area contributed by atoms with Crippen LogP contribution in [-0.2, 0) is 6.42 Å². The first-order valence-corrected chi connectivity index (χ1v) is 10.1. The number of rotatable bonds is 4. The average molecular weight is 387 g/mol. The van der Waals surface area contributed by atoms with Crippen LogP contribution in [0.25, 0.3) is 0 Å². The lowest BCUT2D eigenvalue weighted by molar-refractivity contribution is -0.0226. The van der Waals surface area contributed by atoms with E-state index in [0.29, 0.717) is 23.5 Å². The minimum absolute atomic E-state index is 0.0599. The molecule has 2 saturated carbocycles. The zero-order valence-electron chi connectivity index (χ0n) is 16.2. The third kappa shape index (κ3) is 3.03. The van der Waals surface area contributed by atoms with E-state index in [1.807, 2.05) is 12.1 Å². The Morgan fingerprint density at radius 2 is 2.14 bits per heavy atom. The second kappa shape index (κ2) is 6.84. The first-order valence-electron chi connectivity index (χ1n) is 10.1. The number of alkyl halides is 2. The van der Waals surface area contributed by atoms with Crippen molar-refractivity contribution in [2.24, 2.45) is 17.3 Å². The number of halogens is 2. The Morgan fingerprint density at radius 3 is 2.89 bits per heavy atom. The monoisotopic (exact) mass is 387 g/mol. The number of nitrogens with one attached hydrogen (secondary N) is 1. The molecule has 0 spiro atoms. The van der Waals surface area contributed by atoms with Crippen LogP contribution in [-0.4, -0.2) is 29.5 Å². The maximum Gasteiger partial charge on any atom is 0.348 e. The molecule has 3 nitrogen and oxygen atoms in total. The van der Waals surface area contributed by atoms with E-state index in [-0.39, 0.29) is 11.5 Å². The van der Waals surface area contributed by atoms with Gasteiger partial charge in [0.2, 0.25) is 0 Å². The molecule has 0 bridgehead atoms. The summed E-state index contributed by atoms with van der Waals surface area (Å²) >= 11 is 0. The molecule has 0 unspecified atom stereocenters. The predicted molar refractivity (Wildman–Crippen MR) is 104 cm³/mol. The number of aliphatic hydroxyl groups is 1. The fraction of sp³-hybridized carbons (Fsp3) is 0.609. The molecule has 4 rings (SSSR count). The van der Waals surface area contributed by atoms with Gasteiger partial charge in [-0.15, -0.1) is 6.42 Å². The second-order valence-electron chi connectivity index (χ2n) is 8.90. The molecule has 1 aromatic carbocycles. The highest BCUT2D eigenvalue weighted by Crippen LogP contribution is 2.60. The van der Waals surface area contributed by atoms with Crippen molar-refractivity contribution in [3.63, 3.8) is 0 Å². The molecule has 0 saturated heterocycles. The Hall–Kier alpha value is -1.93. The van der Waals surface area contributed by atoms with Gasteiger partial charge in [-0.25, -0.2) is 0 Å². The third-order valence-electron chi connectivity index (χ3n) is 7.59. The van der Waals surface area contributed by atoms with Crippen LogP contribution in [0.15, 0.2) is 18.2 Å². The van der Waals surface area contributed by atoms with Gasteiger partial charge in [-0.2, -0.15) is 8.78 Å². The SMILES string of the molecule is C#CC(F)(F)C(=N)COc1ccc2c(c1)CC[C@@H]1[C@@H]2CC[C@]2(C)[C@@H](O)CC[C@@H]12. The molecule has 5 atom stereocenters. The summed E-state index contributed by atoms with van der Waals surface area (Å²) in [7, 11) is 0. The average Bonchev–Trinajstić information content (AvgIpc) is 3.00. The lowest BCUT2D eigenvalue weighted by Gasteiger charge is -2.50. The molecule has 5 heteroatoms. The fourth-order valence-corrected chi connectivity index (χ4v) is 5.95. The van der Waals surface area contributed by atoms with Gasteiger partial charge in [-0.1, -0.05) is 13.0 Å². The maximum atomic E-state index is 13.3. The van der Waals surface area contributed by atoms with Crippen LogP contribution in [0.4, 0.5) is 8.78 Å². The Labute approximate surface area is 165 Å². The van der Waals surface area contributed by atoms with Crippen molar-refractivity contribution in [3.8, 4) is 18.1 Å². The first-order chi connectivity index (χ1) is 13.3. The lowest BCUT2D eigenvalue weighted by atomic mass is 9.55. The van der Waals surface area contributed by atoms with Gasteiger partial charge in [0.1, 0.15) is 18.1 Å². The van der Waals surface area contributed by atoms with Gasteiger partial charge in [0.25, 0.3) is 0 Å². The van der Waals surface area contributed by atoms with Crippen LogP contribution in [0.5, 0.6) is 5.75 Å². The smallest absolute Gasteiger partial charge is 0.348 e. The molecule has 0 radical (unpaired) electrons. The summed E-state index contributed by atoms with van der Waals surface area (Å²) in [6.07, 6.45) is 10.8. The van der Waals surface area contributed by atoms with E-state index in [2.05, 4.69) is 13.0 Å². The van der Waals surface area contributed by atoms with E-state index >= 15 is 0 Å². The van der Waals surface area contributed by atoms with Crippen molar-refractivity contribution in [3.05, 3.63) is 29.3 Å². The van der Waals surface area contributed by atoms with Crippen molar-refractivity contribution in [1.82, 2.24) is 0 Å². The molecule has 3 aliphatic rings. The van der Waals surface area contributed by atoms with Crippen molar-refractivity contribution >= 4 is 5.71 Å². The lowest BCUT2D eigenvalue weighted by Crippen LogP contribution is -2.43. The molecule has 1 aromatic rings. The molecular formula is C23H27F2NO2. The largest absolute Gasteiger partial charge is 0.487 e. The topological polar surface area (TPSA) is 53.3 Å². The van der Waals surface area contributed by atoms with Gasteiger partial charge in [0, 0.05) is 0 Å². The Kier molecular flexibility index (Phi) is 4.74. The number of aliphatic hydroxyl groups excluding tert-OH is 1. The first kappa shape index (κ1) is 19.4. The summed E-state index contributed by atoms with van der Waals surface area (Å²) in [4.78, 5) is 0. The van der Waals surface area contributed by atoms with E-state index in [1.54, 1.807) is 0 Å². The van der Waals surface area contributed by atoms with Crippen molar-refractivity contribution in [2.75, 3.05) is 6.61 Å². The Bertz CT molecular complexity index is 830.